The van der Waals surface area contributed by atoms with Crippen molar-refractivity contribution in [3.8, 4) is 0 Å². The van der Waals surface area contributed by atoms with E-state index in [2.05, 4.69) is 30.8 Å². The van der Waals surface area contributed by atoms with Gasteiger partial charge in [-0.2, -0.15) is 0 Å². The molecule has 5 nitrogen and oxygen atoms in total. The highest BCUT2D eigenvalue weighted by Gasteiger charge is 2.34. The predicted octanol–water partition coefficient (Wildman–Crippen LogP) is 2.42. The summed E-state index contributed by atoms with van der Waals surface area (Å²) in [6, 6.07) is 7.22. The molecule has 1 heterocycles. The summed E-state index contributed by atoms with van der Waals surface area (Å²) in [6.45, 7) is 8.19. The molecule has 0 radical (unpaired) electrons. The van der Waals surface area contributed by atoms with E-state index < -0.39 is 10.0 Å². The number of hydrogen-bond acceptors (Lipinski definition) is 4. The van der Waals surface area contributed by atoms with Gasteiger partial charge in [-0.25, -0.2) is 13.1 Å². The van der Waals surface area contributed by atoms with E-state index in [0.29, 0.717) is 18.0 Å². The molecule has 0 spiro atoms. The molecule has 6 heteroatoms. The molecule has 0 bridgehead atoms. The minimum Gasteiger partial charge on any atom is -0.383 e. The monoisotopic (exact) mass is 354 g/mol. The molecular weight excluding hydrogens is 324 g/mol. The summed E-state index contributed by atoms with van der Waals surface area (Å²) in [5.41, 5.74) is 0.898. The van der Waals surface area contributed by atoms with Gasteiger partial charge in [0, 0.05) is 13.7 Å². The van der Waals surface area contributed by atoms with Gasteiger partial charge in [0.2, 0.25) is 10.0 Å². The van der Waals surface area contributed by atoms with E-state index in [-0.39, 0.29) is 11.0 Å². The van der Waals surface area contributed by atoms with Gasteiger partial charge >= 0.3 is 0 Å². The fourth-order valence-corrected chi connectivity index (χ4v) is 4.20. The smallest absolute Gasteiger partial charge is 0.240 e. The van der Waals surface area contributed by atoms with E-state index in [1.165, 1.54) is 0 Å². The Balaban J connectivity index is 2.10. The van der Waals surface area contributed by atoms with Crippen LogP contribution in [0.25, 0.3) is 0 Å². The van der Waals surface area contributed by atoms with Crippen LogP contribution in [-0.2, 0) is 20.2 Å². The summed E-state index contributed by atoms with van der Waals surface area (Å²) in [4.78, 5) is 0.309. The Morgan fingerprint density at radius 3 is 2.46 bits per heavy atom. The fraction of sp³-hybridized carbons (Fsp3) is 0.667. The van der Waals surface area contributed by atoms with Crippen LogP contribution in [0.3, 0.4) is 0 Å². The van der Waals surface area contributed by atoms with Gasteiger partial charge in [-0.3, -0.25) is 0 Å². The van der Waals surface area contributed by atoms with E-state index in [1.807, 2.05) is 12.1 Å². The second-order valence-corrected chi connectivity index (χ2v) is 9.10. The van der Waals surface area contributed by atoms with Gasteiger partial charge in [-0.1, -0.05) is 32.9 Å². The van der Waals surface area contributed by atoms with Crippen molar-refractivity contribution in [1.82, 2.24) is 10.0 Å². The highest BCUT2D eigenvalue weighted by molar-refractivity contribution is 7.89. The Morgan fingerprint density at radius 1 is 1.29 bits per heavy atom. The lowest BCUT2D eigenvalue weighted by atomic mass is 9.82. The first-order chi connectivity index (χ1) is 11.2. The molecule has 1 aliphatic heterocycles. The van der Waals surface area contributed by atoms with Crippen molar-refractivity contribution in [3.05, 3.63) is 29.8 Å². The predicted molar refractivity (Wildman–Crippen MR) is 96.8 cm³/mol. The van der Waals surface area contributed by atoms with Crippen LogP contribution in [0, 0.1) is 0 Å². The van der Waals surface area contributed by atoms with Crippen molar-refractivity contribution in [2.75, 3.05) is 26.8 Å². The lowest BCUT2D eigenvalue weighted by molar-refractivity contribution is 0.122. The number of nitrogens with one attached hydrogen (secondary N) is 2. The van der Waals surface area contributed by atoms with E-state index in [0.717, 1.165) is 31.4 Å². The van der Waals surface area contributed by atoms with E-state index in [9.17, 15) is 8.42 Å². The second kappa shape index (κ2) is 7.52. The third kappa shape index (κ3) is 4.36. The maximum absolute atomic E-state index is 12.6. The molecule has 0 amide bonds. The summed E-state index contributed by atoms with van der Waals surface area (Å²) in [5, 5.41) is 3.38. The highest BCUT2D eigenvalue weighted by atomic mass is 32.2. The SMILES string of the molecule is CCC(C)(C)c1ccc(S(=O)(=O)NCC2(COC)CCCN2)cc1. The molecule has 1 unspecified atom stereocenters. The molecule has 1 saturated heterocycles. The van der Waals surface area contributed by atoms with E-state index >= 15 is 0 Å². The van der Waals surface area contributed by atoms with Crippen LogP contribution in [0.5, 0.6) is 0 Å². The van der Waals surface area contributed by atoms with Crippen molar-refractivity contribution in [2.24, 2.45) is 0 Å². The molecule has 1 aliphatic rings. The normalized spacial score (nSPS) is 22.0. The number of benzene rings is 1. The van der Waals surface area contributed by atoms with Crippen molar-refractivity contribution in [1.29, 1.82) is 0 Å². The van der Waals surface area contributed by atoms with Gasteiger partial charge in [-0.05, 0) is 48.9 Å². The first kappa shape index (κ1) is 19.4. The highest BCUT2D eigenvalue weighted by Crippen LogP contribution is 2.27. The topological polar surface area (TPSA) is 67.4 Å². The zero-order chi connectivity index (χ0) is 17.8. The average Bonchev–Trinajstić information content (AvgIpc) is 3.03. The van der Waals surface area contributed by atoms with Crippen LogP contribution in [0.15, 0.2) is 29.2 Å². The van der Waals surface area contributed by atoms with E-state index in [4.69, 9.17) is 4.74 Å². The van der Waals surface area contributed by atoms with Crippen molar-refractivity contribution in [3.63, 3.8) is 0 Å². The van der Waals surface area contributed by atoms with E-state index in [1.54, 1.807) is 19.2 Å². The van der Waals surface area contributed by atoms with Crippen LogP contribution >= 0.6 is 0 Å². The summed E-state index contributed by atoms with van der Waals surface area (Å²) in [6.07, 6.45) is 2.95. The molecule has 0 aromatic heterocycles. The number of methoxy groups -OCH3 is 1. The van der Waals surface area contributed by atoms with Gasteiger partial charge < -0.3 is 10.1 Å². The molecule has 1 aromatic rings. The molecule has 1 fully saturated rings. The zero-order valence-electron chi connectivity index (χ0n) is 15.2. The Bertz CT molecular complexity index is 633. The summed E-state index contributed by atoms with van der Waals surface area (Å²) < 4.78 is 33.2. The third-order valence-corrected chi connectivity index (χ3v) is 6.60. The number of rotatable bonds is 8. The van der Waals surface area contributed by atoms with Crippen LogP contribution < -0.4 is 10.0 Å². The Labute approximate surface area is 146 Å². The molecule has 1 atom stereocenters. The van der Waals surface area contributed by atoms with Crippen LogP contribution in [-0.4, -0.2) is 40.8 Å². The van der Waals surface area contributed by atoms with Gasteiger partial charge in [0.05, 0.1) is 17.0 Å². The first-order valence-electron chi connectivity index (χ1n) is 8.59. The molecular formula is C18H30N2O3S. The summed E-state index contributed by atoms with van der Waals surface area (Å²) in [7, 11) is -1.88. The molecule has 0 saturated carbocycles. The summed E-state index contributed by atoms with van der Waals surface area (Å²) >= 11 is 0. The number of hydrogen-bond donors (Lipinski definition) is 2. The first-order valence-corrected chi connectivity index (χ1v) is 10.1. The van der Waals surface area contributed by atoms with Crippen molar-refractivity contribution >= 4 is 10.0 Å². The Kier molecular flexibility index (Phi) is 6.07. The van der Waals surface area contributed by atoms with Gasteiger partial charge in [0.15, 0.2) is 0 Å². The molecule has 2 rings (SSSR count). The quantitative estimate of drug-likeness (QED) is 0.752. The minimum absolute atomic E-state index is 0.0476. The standard InChI is InChI=1S/C18H30N2O3S/c1-5-17(2,3)15-7-9-16(10-8-15)24(21,22)20-13-18(14-23-4)11-6-12-19-18/h7-10,19-20H,5-6,11-14H2,1-4H3. The maximum atomic E-state index is 12.6. The largest absolute Gasteiger partial charge is 0.383 e. The molecule has 0 aliphatic carbocycles. The lowest BCUT2D eigenvalue weighted by Gasteiger charge is -2.29. The van der Waals surface area contributed by atoms with Gasteiger partial charge in [-0.15, -0.1) is 0 Å². The van der Waals surface area contributed by atoms with Gasteiger partial charge in [0.25, 0.3) is 0 Å². The molecule has 1 aromatic carbocycles. The molecule has 2 N–H and O–H groups in total. The average molecular weight is 355 g/mol. The summed E-state index contributed by atoms with van der Waals surface area (Å²) in [5.74, 6) is 0. The number of sulfonamides is 1. The zero-order valence-corrected chi connectivity index (χ0v) is 16.0. The Hall–Kier alpha value is -0.950. The molecule has 24 heavy (non-hydrogen) atoms. The second-order valence-electron chi connectivity index (χ2n) is 7.33. The van der Waals surface area contributed by atoms with Gasteiger partial charge in [0.1, 0.15) is 0 Å². The van der Waals surface area contributed by atoms with Crippen LogP contribution in [0.1, 0.15) is 45.6 Å². The number of ether oxygens (including phenoxy) is 1. The maximum Gasteiger partial charge on any atom is 0.240 e. The lowest BCUT2D eigenvalue weighted by Crippen LogP contribution is -2.52. The van der Waals surface area contributed by atoms with Crippen molar-refractivity contribution in [2.45, 2.75) is 55.9 Å². The van der Waals surface area contributed by atoms with Crippen LogP contribution in [0.4, 0.5) is 0 Å². The fourth-order valence-electron chi connectivity index (χ4n) is 3.08. The Morgan fingerprint density at radius 2 is 1.96 bits per heavy atom. The van der Waals surface area contributed by atoms with Crippen LogP contribution in [0.2, 0.25) is 0 Å². The third-order valence-electron chi connectivity index (χ3n) is 5.18. The minimum atomic E-state index is -3.52. The molecule has 136 valence electrons. The van der Waals surface area contributed by atoms with Crippen molar-refractivity contribution < 1.29 is 13.2 Å².